The maximum absolute atomic E-state index is 12.9. The fraction of sp³-hybridized carbons (Fsp3) is 0.935. The summed E-state index contributed by atoms with van der Waals surface area (Å²) in [5.41, 5.74) is 0. The fourth-order valence-corrected chi connectivity index (χ4v) is 10.6. The number of phosphoric acid groups is 2. The SMILES string of the molecule is CCC(C)CCCCCCCCC(=O)OC[C@H](COP(=O)(O)OC[C@@H](O)COP(=O)(O)OC[C@@H](COC(=O)CCCCCCCCC(C)C)OC(=O)CCCCCCCCC(C)CC)OC(=O)CCCCCCCCCCCC(C)C. The summed E-state index contributed by atoms with van der Waals surface area (Å²) in [5, 5.41) is 10.5. The summed E-state index contributed by atoms with van der Waals surface area (Å²) in [6.07, 6.45) is 30.9. The average molecular weight is 1200 g/mol. The highest BCUT2D eigenvalue weighted by atomic mass is 31.2. The van der Waals surface area contributed by atoms with Gasteiger partial charge in [0.25, 0.3) is 0 Å². The standard InChI is InChI=1S/C62H120O17P2/c1-9-54(7)40-32-24-17-20-27-35-43-60(65)73-48-57(78-61(66)44-36-28-15-13-11-12-14-22-30-38-52(3)4)50-76-80(68,69)74-46-56(63)47-75-81(70,71)77-51-58(49-72-59(64)42-34-26-19-16-23-31-39-53(5)6)79-62(67)45-37-29-21-18-25-33-41-55(8)10-2/h52-58,63H,9-51H2,1-8H3,(H,68,69)(H,70,71)/t54?,55?,56-,57-,58-/m1/s1. The van der Waals surface area contributed by atoms with Gasteiger partial charge in [0.05, 0.1) is 26.4 Å². The van der Waals surface area contributed by atoms with E-state index in [4.69, 9.17) is 37.0 Å². The van der Waals surface area contributed by atoms with Crippen molar-refractivity contribution in [2.24, 2.45) is 23.7 Å². The molecular formula is C62H120O17P2. The second-order valence-electron chi connectivity index (χ2n) is 23.9. The first-order valence-electron chi connectivity index (χ1n) is 32.3. The van der Waals surface area contributed by atoms with Crippen molar-refractivity contribution < 1.29 is 80.2 Å². The number of ether oxygens (including phenoxy) is 4. The fourth-order valence-electron chi connectivity index (χ4n) is 9.01. The smallest absolute Gasteiger partial charge is 0.462 e. The molecular weight excluding hydrogens is 1080 g/mol. The summed E-state index contributed by atoms with van der Waals surface area (Å²) in [6.45, 7) is 13.9. The van der Waals surface area contributed by atoms with E-state index in [9.17, 15) is 43.2 Å². The van der Waals surface area contributed by atoms with Crippen LogP contribution in [0.4, 0.5) is 0 Å². The number of hydrogen-bond acceptors (Lipinski definition) is 15. The summed E-state index contributed by atoms with van der Waals surface area (Å²) in [5.74, 6) is 0.720. The lowest BCUT2D eigenvalue weighted by Crippen LogP contribution is -2.30. The van der Waals surface area contributed by atoms with Gasteiger partial charge in [-0.2, -0.15) is 0 Å². The Morgan fingerprint density at radius 3 is 0.877 bits per heavy atom. The van der Waals surface area contributed by atoms with Gasteiger partial charge in [0.15, 0.2) is 12.2 Å². The molecule has 4 unspecified atom stereocenters. The van der Waals surface area contributed by atoms with Crippen LogP contribution >= 0.6 is 15.6 Å². The number of rotatable bonds is 59. The van der Waals surface area contributed by atoms with E-state index in [2.05, 4.69) is 55.4 Å². The Balaban J connectivity index is 5.26. The predicted octanol–water partition coefficient (Wildman–Crippen LogP) is 16.6. The second-order valence-corrected chi connectivity index (χ2v) is 26.8. The van der Waals surface area contributed by atoms with Gasteiger partial charge in [0, 0.05) is 25.7 Å². The number of aliphatic hydroxyl groups is 1. The van der Waals surface area contributed by atoms with Gasteiger partial charge in [-0.05, 0) is 49.4 Å². The lowest BCUT2D eigenvalue weighted by atomic mass is 10.00. The Bertz CT molecular complexity index is 1630. The molecule has 480 valence electrons. The molecule has 0 aromatic carbocycles. The number of aliphatic hydroxyl groups excluding tert-OH is 1. The molecule has 0 bridgehead atoms. The molecule has 0 aliphatic carbocycles. The second kappa shape index (κ2) is 52.4. The molecule has 0 heterocycles. The van der Waals surface area contributed by atoms with Crippen molar-refractivity contribution in [3.63, 3.8) is 0 Å². The normalized spacial score (nSPS) is 15.2. The highest BCUT2D eigenvalue weighted by Crippen LogP contribution is 2.45. The molecule has 0 saturated heterocycles. The van der Waals surface area contributed by atoms with Gasteiger partial charge < -0.3 is 33.8 Å². The molecule has 0 aliphatic heterocycles. The number of hydrogen-bond donors (Lipinski definition) is 3. The highest BCUT2D eigenvalue weighted by Gasteiger charge is 2.30. The summed E-state index contributed by atoms with van der Waals surface area (Å²) in [4.78, 5) is 72.1. The molecule has 0 aliphatic rings. The lowest BCUT2D eigenvalue weighted by Gasteiger charge is -2.21. The zero-order chi connectivity index (χ0) is 60.4. The van der Waals surface area contributed by atoms with Crippen LogP contribution in [0.25, 0.3) is 0 Å². The number of unbranched alkanes of at least 4 members (excludes halogenated alkanes) is 23. The van der Waals surface area contributed by atoms with Gasteiger partial charge in [-0.15, -0.1) is 0 Å². The van der Waals surface area contributed by atoms with Gasteiger partial charge in [-0.1, -0.05) is 242 Å². The van der Waals surface area contributed by atoms with E-state index in [0.29, 0.717) is 31.6 Å². The predicted molar refractivity (Wildman–Crippen MR) is 321 cm³/mol. The Morgan fingerprint density at radius 1 is 0.346 bits per heavy atom. The van der Waals surface area contributed by atoms with Crippen LogP contribution in [0.3, 0.4) is 0 Å². The van der Waals surface area contributed by atoms with Crippen molar-refractivity contribution in [2.75, 3.05) is 39.6 Å². The van der Waals surface area contributed by atoms with Crippen LogP contribution in [0.2, 0.25) is 0 Å². The first-order chi connectivity index (χ1) is 38.7. The Hall–Kier alpha value is -1.94. The minimum absolute atomic E-state index is 0.101. The monoisotopic (exact) mass is 1200 g/mol. The molecule has 0 aromatic heterocycles. The first kappa shape index (κ1) is 79.1. The molecule has 0 radical (unpaired) electrons. The van der Waals surface area contributed by atoms with Gasteiger partial charge in [0.1, 0.15) is 19.3 Å². The van der Waals surface area contributed by atoms with Crippen LogP contribution in [0.5, 0.6) is 0 Å². The first-order valence-corrected chi connectivity index (χ1v) is 35.3. The summed E-state index contributed by atoms with van der Waals surface area (Å²) < 4.78 is 67.9. The van der Waals surface area contributed by atoms with E-state index in [0.717, 1.165) is 120 Å². The van der Waals surface area contributed by atoms with Crippen LogP contribution in [0.1, 0.15) is 293 Å². The minimum Gasteiger partial charge on any atom is -0.462 e. The van der Waals surface area contributed by atoms with E-state index >= 15 is 0 Å². The van der Waals surface area contributed by atoms with Crippen molar-refractivity contribution in [3.8, 4) is 0 Å². The van der Waals surface area contributed by atoms with E-state index in [-0.39, 0.29) is 25.7 Å². The minimum atomic E-state index is -4.94. The molecule has 17 nitrogen and oxygen atoms in total. The maximum Gasteiger partial charge on any atom is 0.472 e. The van der Waals surface area contributed by atoms with Gasteiger partial charge >= 0.3 is 39.5 Å². The topological polar surface area (TPSA) is 237 Å². The van der Waals surface area contributed by atoms with E-state index in [1.54, 1.807) is 0 Å². The molecule has 0 amide bonds. The number of esters is 4. The summed E-state index contributed by atoms with van der Waals surface area (Å²) in [6, 6.07) is 0. The van der Waals surface area contributed by atoms with Crippen molar-refractivity contribution in [3.05, 3.63) is 0 Å². The molecule has 0 aromatic rings. The van der Waals surface area contributed by atoms with Gasteiger partial charge in [-0.25, -0.2) is 9.13 Å². The third-order valence-corrected chi connectivity index (χ3v) is 16.7. The van der Waals surface area contributed by atoms with Crippen molar-refractivity contribution in [1.29, 1.82) is 0 Å². The summed E-state index contributed by atoms with van der Waals surface area (Å²) in [7, 11) is -9.89. The van der Waals surface area contributed by atoms with Gasteiger partial charge in [0.2, 0.25) is 0 Å². The zero-order valence-electron chi connectivity index (χ0n) is 52.4. The van der Waals surface area contributed by atoms with Crippen molar-refractivity contribution in [2.45, 2.75) is 311 Å². The molecule has 0 spiro atoms. The number of carbonyl (C=O) groups is 4. The van der Waals surface area contributed by atoms with Crippen LogP contribution in [0.15, 0.2) is 0 Å². The molecule has 7 atom stereocenters. The largest absolute Gasteiger partial charge is 0.472 e. The third-order valence-electron chi connectivity index (χ3n) is 14.8. The number of phosphoric ester groups is 2. The maximum atomic E-state index is 12.9. The Labute approximate surface area is 492 Å². The van der Waals surface area contributed by atoms with Crippen molar-refractivity contribution in [1.82, 2.24) is 0 Å². The highest BCUT2D eigenvalue weighted by molar-refractivity contribution is 7.47. The lowest BCUT2D eigenvalue weighted by molar-refractivity contribution is -0.161. The number of carbonyl (C=O) groups excluding carboxylic acids is 4. The quantitative estimate of drug-likeness (QED) is 0.0222. The van der Waals surface area contributed by atoms with E-state index in [1.165, 1.54) is 83.5 Å². The molecule has 19 heteroatoms. The van der Waals surface area contributed by atoms with Crippen LogP contribution in [-0.2, 0) is 65.4 Å². The van der Waals surface area contributed by atoms with Gasteiger partial charge in [-0.3, -0.25) is 37.3 Å². The Morgan fingerprint density at radius 2 is 0.593 bits per heavy atom. The van der Waals surface area contributed by atoms with Crippen LogP contribution in [0, 0.1) is 23.7 Å². The zero-order valence-corrected chi connectivity index (χ0v) is 54.2. The van der Waals surface area contributed by atoms with Crippen LogP contribution < -0.4 is 0 Å². The molecule has 81 heavy (non-hydrogen) atoms. The van der Waals surface area contributed by atoms with Crippen molar-refractivity contribution >= 4 is 39.5 Å². The average Bonchev–Trinajstić information content (AvgIpc) is 3.42. The molecule has 0 rings (SSSR count). The Kier molecular flexibility index (Phi) is 51.1. The van der Waals surface area contributed by atoms with Crippen LogP contribution in [-0.4, -0.2) is 96.7 Å². The molecule has 0 saturated carbocycles. The molecule has 3 N–H and O–H groups in total. The molecule has 0 fully saturated rings. The van der Waals surface area contributed by atoms with E-state index in [1.807, 2.05) is 0 Å². The van der Waals surface area contributed by atoms with E-state index < -0.39 is 97.5 Å². The third kappa shape index (κ3) is 54.5. The summed E-state index contributed by atoms with van der Waals surface area (Å²) >= 11 is 0.